The molecule has 0 unspecified atom stereocenters. The molecule has 4 heteroatoms. The van der Waals surface area contributed by atoms with Crippen molar-refractivity contribution in [1.29, 1.82) is 0 Å². The standard InChI is InChI=1S/C20H18ClNO2/c1-11(23)14-9-10-17(24)20-18(14)15-3-2-4-16(15)19(22-20)12-5-7-13(21)8-6-12/h2-3,5-10,15-16,19,22,24H,4H2,1H3/t15-,16-,19+/m0/s1. The fourth-order valence-electron chi connectivity index (χ4n) is 4.00. The molecule has 24 heavy (non-hydrogen) atoms. The summed E-state index contributed by atoms with van der Waals surface area (Å²) < 4.78 is 0. The zero-order valence-electron chi connectivity index (χ0n) is 13.3. The van der Waals surface area contributed by atoms with Crippen molar-refractivity contribution in [3.05, 3.63) is 70.3 Å². The maximum absolute atomic E-state index is 12.1. The fraction of sp³-hybridized carbons (Fsp3) is 0.250. The smallest absolute Gasteiger partial charge is 0.160 e. The molecule has 3 atom stereocenters. The number of anilines is 1. The molecule has 1 aliphatic carbocycles. The van der Waals surface area contributed by atoms with Crippen molar-refractivity contribution in [2.24, 2.45) is 5.92 Å². The lowest BCUT2D eigenvalue weighted by Crippen LogP contribution is -2.30. The van der Waals surface area contributed by atoms with Gasteiger partial charge < -0.3 is 10.4 Å². The Kier molecular flexibility index (Phi) is 3.61. The van der Waals surface area contributed by atoms with Crippen LogP contribution in [0.5, 0.6) is 5.75 Å². The number of carbonyl (C=O) groups is 1. The first-order chi connectivity index (χ1) is 11.6. The molecule has 0 bridgehead atoms. The van der Waals surface area contributed by atoms with E-state index >= 15 is 0 Å². The molecule has 0 saturated heterocycles. The number of allylic oxidation sites excluding steroid dienone is 2. The second-order valence-corrected chi connectivity index (χ2v) is 6.94. The minimum absolute atomic E-state index is 0.0250. The topological polar surface area (TPSA) is 49.3 Å². The number of nitrogens with one attached hydrogen (secondary N) is 1. The number of hydrogen-bond donors (Lipinski definition) is 2. The zero-order chi connectivity index (χ0) is 16.8. The number of phenolic OH excluding ortho intramolecular Hbond substituents is 1. The van der Waals surface area contributed by atoms with Crippen LogP contribution in [-0.2, 0) is 0 Å². The number of Topliss-reactive ketones (excluding diaryl/α,β-unsaturated/α-hetero) is 1. The van der Waals surface area contributed by atoms with Gasteiger partial charge in [-0.1, -0.05) is 35.9 Å². The van der Waals surface area contributed by atoms with Gasteiger partial charge in [0.25, 0.3) is 0 Å². The van der Waals surface area contributed by atoms with Crippen LogP contribution in [0.3, 0.4) is 0 Å². The Labute approximate surface area is 146 Å². The molecular formula is C20H18ClNO2. The van der Waals surface area contributed by atoms with E-state index in [1.807, 2.05) is 24.3 Å². The Morgan fingerprint density at radius 1 is 1.21 bits per heavy atom. The summed E-state index contributed by atoms with van der Waals surface area (Å²) >= 11 is 6.01. The summed E-state index contributed by atoms with van der Waals surface area (Å²) in [6.07, 6.45) is 5.28. The van der Waals surface area contributed by atoms with Gasteiger partial charge in [0.2, 0.25) is 0 Å². The highest BCUT2D eigenvalue weighted by atomic mass is 35.5. The molecule has 2 aromatic carbocycles. The number of halogens is 1. The highest BCUT2D eigenvalue weighted by Crippen LogP contribution is 2.53. The van der Waals surface area contributed by atoms with Crippen LogP contribution in [0.25, 0.3) is 0 Å². The third-order valence-electron chi connectivity index (χ3n) is 5.11. The lowest BCUT2D eigenvalue weighted by molar-refractivity contribution is 0.101. The monoisotopic (exact) mass is 339 g/mol. The Morgan fingerprint density at radius 3 is 2.67 bits per heavy atom. The minimum Gasteiger partial charge on any atom is -0.506 e. The number of carbonyl (C=O) groups excluding carboxylic acids is 1. The summed E-state index contributed by atoms with van der Waals surface area (Å²) in [4.78, 5) is 12.1. The van der Waals surface area contributed by atoms with Gasteiger partial charge in [-0.15, -0.1) is 0 Å². The van der Waals surface area contributed by atoms with Gasteiger partial charge in [-0.25, -0.2) is 0 Å². The second kappa shape index (κ2) is 5.67. The lowest BCUT2D eigenvalue weighted by Gasteiger charge is -2.38. The van der Waals surface area contributed by atoms with E-state index in [9.17, 15) is 9.90 Å². The summed E-state index contributed by atoms with van der Waals surface area (Å²) in [5.74, 6) is 0.663. The summed E-state index contributed by atoms with van der Waals surface area (Å²) in [6.45, 7) is 1.58. The van der Waals surface area contributed by atoms with Crippen LogP contribution in [0.1, 0.15) is 46.8 Å². The van der Waals surface area contributed by atoms with Crippen molar-refractivity contribution in [2.45, 2.75) is 25.3 Å². The third-order valence-corrected chi connectivity index (χ3v) is 5.36. The van der Waals surface area contributed by atoms with Crippen LogP contribution in [0.15, 0.2) is 48.6 Å². The SMILES string of the molecule is CC(=O)c1ccc(O)c2c1[C@H]1C=CC[C@@H]1[C@@H](c1ccc(Cl)cc1)N2. The van der Waals surface area contributed by atoms with E-state index < -0.39 is 0 Å². The van der Waals surface area contributed by atoms with Gasteiger partial charge in [0, 0.05) is 16.5 Å². The van der Waals surface area contributed by atoms with Crippen LogP contribution in [0.2, 0.25) is 5.02 Å². The molecule has 0 fully saturated rings. The summed E-state index contributed by atoms with van der Waals surface area (Å²) in [6, 6.07) is 11.2. The van der Waals surface area contributed by atoms with Crippen LogP contribution < -0.4 is 5.32 Å². The number of aromatic hydroxyl groups is 1. The first-order valence-electron chi connectivity index (χ1n) is 8.11. The van der Waals surface area contributed by atoms with Gasteiger partial charge in [-0.05, 0) is 54.7 Å². The molecule has 0 saturated carbocycles. The summed E-state index contributed by atoms with van der Waals surface area (Å²) in [5.41, 5.74) is 3.42. The van der Waals surface area contributed by atoms with Crippen LogP contribution in [0, 0.1) is 5.92 Å². The van der Waals surface area contributed by atoms with Crippen molar-refractivity contribution in [2.75, 3.05) is 5.32 Å². The normalized spacial score (nSPS) is 24.2. The number of phenols is 1. The maximum Gasteiger partial charge on any atom is 0.160 e. The molecule has 3 nitrogen and oxygen atoms in total. The predicted octanol–water partition coefficient (Wildman–Crippen LogP) is 5.07. The fourth-order valence-corrected chi connectivity index (χ4v) is 4.13. The first-order valence-corrected chi connectivity index (χ1v) is 8.49. The first kappa shape index (κ1) is 15.3. The number of ketones is 1. The van der Waals surface area contributed by atoms with Crippen molar-refractivity contribution in [3.63, 3.8) is 0 Å². The van der Waals surface area contributed by atoms with Crippen molar-refractivity contribution >= 4 is 23.1 Å². The second-order valence-electron chi connectivity index (χ2n) is 6.50. The summed E-state index contributed by atoms with van der Waals surface area (Å²) in [7, 11) is 0. The van der Waals surface area contributed by atoms with Crippen LogP contribution >= 0.6 is 11.6 Å². The van der Waals surface area contributed by atoms with Gasteiger partial charge in [0.05, 0.1) is 11.7 Å². The quantitative estimate of drug-likeness (QED) is 0.456. The third kappa shape index (κ3) is 2.31. The average Bonchev–Trinajstić information content (AvgIpc) is 3.05. The van der Waals surface area contributed by atoms with Gasteiger partial charge in [0.15, 0.2) is 5.78 Å². The zero-order valence-corrected chi connectivity index (χ0v) is 14.0. The number of hydrogen-bond acceptors (Lipinski definition) is 3. The molecule has 0 spiro atoms. The van der Waals surface area contributed by atoms with Crippen molar-refractivity contribution in [3.8, 4) is 5.75 Å². The van der Waals surface area contributed by atoms with Gasteiger partial charge >= 0.3 is 0 Å². The molecule has 1 heterocycles. The Hall–Kier alpha value is -2.26. The molecule has 2 N–H and O–H groups in total. The molecule has 122 valence electrons. The van der Waals surface area contributed by atoms with Crippen molar-refractivity contribution in [1.82, 2.24) is 0 Å². The molecule has 0 amide bonds. The van der Waals surface area contributed by atoms with E-state index in [2.05, 4.69) is 17.5 Å². The predicted molar refractivity (Wildman–Crippen MR) is 95.9 cm³/mol. The van der Waals surface area contributed by atoms with E-state index in [0.29, 0.717) is 22.2 Å². The highest BCUT2D eigenvalue weighted by molar-refractivity contribution is 6.30. The Bertz CT molecular complexity index is 841. The van der Waals surface area contributed by atoms with E-state index in [1.54, 1.807) is 19.1 Å². The maximum atomic E-state index is 12.1. The van der Waals surface area contributed by atoms with Gasteiger partial charge in [-0.2, -0.15) is 0 Å². The van der Waals surface area contributed by atoms with Crippen LogP contribution in [0.4, 0.5) is 5.69 Å². The van der Waals surface area contributed by atoms with Crippen molar-refractivity contribution < 1.29 is 9.90 Å². The Morgan fingerprint density at radius 2 is 1.96 bits per heavy atom. The van der Waals surface area contributed by atoms with Crippen LogP contribution in [-0.4, -0.2) is 10.9 Å². The molecule has 0 radical (unpaired) electrons. The number of benzene rings is 2. The lowest BCUT2D eigenvalue weighted by atomic mass is 9.75. The molecule has 2 aromatic rings. The molecular weight excluding hydrogens is 322 g/mol. The molecule has 1 aliphatic heterocycles. The highest BCUT2D eigenvalue weighted by Gasteiger charge is 2.40. The van der Waals surface area contributed by atoms with Gasteiger partial charge in [-0.3, -0.25) is 4.79 Å². The number of fused-ring (bicyclic) bond motifs is 3. The minimum atomic E-state index is 0.0250. The van der Waals surface area contributed by atoms with E-state index in [0.717, 1.165) is 17.5 Å². The summed E-state index contributed by atoms with van der Waals surface area (Å²) in [5, 5.41) is 14.6. The van der Waals surface area contributed by atoms with E-state index in [-0.39, 0.29) is 23.5 Å². The average molecular weight is 340 g/mol. The van der Waals surface area contributed by atoms with Gasteiger partial charge in [0.1, 0.15) is 5.75 Å². The van der Waals surface area contributed by atoms with E-state index in [4.69, 9.17) is 11.6 Å². The largest absolute Gasteiger partial charge is 0.506 e. The molecule has 4 rings (SSSR count). The Balaban J connectivity index is 1.86. The molecule has 0 aromatic heterocycles. The number of rotatable bonds is 2. The molecule has 2 aliphatic rings. The van der Waals surface area contributed by atoms with E-state index in [1.165, 1.54) is 0 Å².